The first-order chi connectivity index (χ1) is 13.7. The number of nitrogens with zero attached hydrogens (tertiary/aromatic N) is 3. The van der Waals surface area contributed by atoms with Crippen molar-refractivity contribution in [3.8, 4) is 5.88 Å². The number of aliphatic imine (C=N–C) groups is 1. The van der Waals surface area contributed by atoms with E-state index in [0.717, 1.165) is 74.4 Å². The monoisotopic (exact) mass is 391 g/mol. The number of ether oxygens (including phenoxy) is 2. The number of furan rings is 1. The molecule has 2 aromatic heterocycles. The van der Waals surface area contributed by atoms with Gasteiger partial charge in [0.25, 0.3) is 0 Å². The molecular weight excluding hydrogens is 358 g/mol. The van der Waals surface area contributed by atoms with E-state index in [-0.39, 0.29) is 0 Å². The molecule has 2 aromatic rings. The minimum Gasteiger partial charge on any atom is -0.481 e. The summed E-state index contributed by atoms with van der Waals surface area (Å²) < 4.78 is 18.1. The van der Waals surface area contributed by atoms with Crippen molar-refractivity contribution in [1.29, 1.82) is 0 Å². The van der Waals surface area contributed by atoms with Gasteiger partial charge in [0, 0.05) is 39.8 Å². The summed E-state index contributed by atoms with van der Waals surface area (Å²) in [6.45, 7) is 7.59. The molecule has 2 rings (SSSR count). The third kappa shape index (κ3) is 6.60. The molecule has 0 aliphatic rings. The maximum Gasteiger partial charge on any atom is 0.216 e. The van der Waals surface area contributed by atoms with Crippen LogP contribution in [0.5, 0.6) is 5.88 Å². The highest BCUT2D eigenvalue weighted by Crippen LogP contribution is 2.22. The number of aryl methyl sites for hydroxylation is 2. The number of rotatable bonds is 12. The highest BCUT2D eigenvalue weighted by molar-refractivity contribution is 5.79. The molecule has 0 spiro atoms. The third-order valence-electron chi connectivity index (χ3n) is 4.30. The van der Waals surface area contributed by atoms with Crippen molar-refractivity contribution < 1.29 is 13.9 Å². The molecule has 0 aliphatic heterocycles. The Morgan fingerprint density at radius 1 is 1.29 bits per heavy atom. The largest absolute Gasteiger partial charge is 0.481 e. The Labute approximate surface area is 167 Å². The van der Waals surface area contributed by atoms with Crippen LogP contribution in [0.15, 0.2) is 27.8 Å². The first-order valence-electron chi connectivity index (χ1n) is 9.90. The van der Waals surface area contributed by atoms with E-state index in [2.05, 4.69) is 22.7 Å². The van der Waals surface area contributed by atoms with E-state index >= 15 is 0 Å². The topological polar surface area (TPSA) is 85.8 Å². The van der Waals surface area contributed by atoms with Gasteiger partial charge in [0.05, 0.1) is 31.2 Å². The lowest BCUT2D eigenvalue weighted by molar-refractivity contribution is 0.145. The Kier molecular flexibility index (Phi) is 9.41. The van der Waals surface area contributed by atoms with Crippen LogP contribution in [0.3, 0.4) is 0 Å². The highest BCUT2D eigenvalue weighted by atomic mass is 16.5. The number of hydrogen-bond donors (Lipinski definition) is 2. The Morgan fingerprint density at radius 3 is 2.79 bits per heavy atom. The van der Waals surface area contributed by atoms with E-state index in [1.807, 2.05) is 26.1 Å². The van der Waals surface area contributed by atoms with Crippen LogP contribution in [-0.4, -0.2) is 49.2 Å². The fourth-order valence-electron chi connectivity index (χ4n) is 2.92. The second-order valence-corrected chi connectivity index (χ2v) is 6.31. The molecule has 0 unspecified atom stereocenters. The Balaban J connectivity index is 1.99. The van der Waals surface area contributed by atoms with Gasteiger partial charge in [-0.1, -0.05) is 6.92 Å². The fourth-order valence-corrected chi connectivity index (χ4v) is 2.92. The second kappa shape index (κ2) is 12.1. The summed E-state index contributed by atoms with van der Waals surface area (Å²) >= 11 is 0. The van der Waals surface area contributed by atoms with Crippen molar-refractivity contribution in [3.63, 3.8) is 0 Å². The van der Waals surface area contributed by atoms with Crippen LogP contribution in [0.25, 0.3) is 0 Å². The zero-order chi connectivity index (χ0) is 20.2. The maximum atomic E-state index is 5.51. The molecule has 2 N–H and O–H groups in total. The van der Waals surface area contributed by atoms with Crippen molar-refractivity contribution in [3.05, 3.63) is 35.4 Å². The summed E-state index contributed by atoms with van der Waals surface area (Å²) in [4.78, 5) is 4.75. The summed E-state index contributed by atoms with van der Waals surface area (Å²) in [6.07, 6.45) is 4.24. The van der Waals surface area contributed by atoms with Crippen molar-refractivity contribution in [2.24, 2.45) is 12.0 Å². The molecule has 0 saturated carbocycles. The molecule has 0 atom stereocenters. The van der Waals surface area contributed by atoms with Gasteiger partial charge in [-0.25, -0.2) is 9.67 Å². The number of nitrogens with one attached hydrogen (secondary N) is 2. The maximum absolute atomic E-state index is 5.51. The van der Waals surface area contributed by atoms with Gasteiger partial charge in [-0.05, 0) is 31.9 Å². The SMILES string of the molecule is CCOCCCNC(=NCc1c(CC)nn(C)c1OC)NCCc1ccco1. The lowest BCUT2D eigenvalue weighted by Gasteiger charge is -2.13. The fraction of sp³-hybridized carbons (Fsp3) is 0.600. The summed E-state index contributed by atoms with van der Waals surface area (Å²) in [5.41, 5.74) is 2.03. The van der Waals surface area contributed by atoms with Crippen LogP contribution < -0.4 is 15.4 Å². The number of hydrogen-bond acceptors (Lipinski definition) is 5. The number of methoxy groups -OCH3 is 1. The molecule has 0 amide bonds. The van der Waals surface area contributed by atoms with Gasteiger partial charge in [-0.3, -0.25) is 0 Å². The van der Waals surface area contributed by atoms with Gasteiger partial charge < -0.3 is 24.5 Å². The molecule has 28 heavy (non-hydrogen) atoms. The lowest BCUT2D eigenvalue weighted by Crippen LogP contribution is -2.39. The predicted molar refractivity (Wildman–Crippen MR) is 110 cm³/mol. The third-order valence-corrected chi connectivity index (χ3v) is 4.30. The van der Waals surface area contributed by atoms with Crippen molar-refractivity contribution in [2.75, 3.05) is 33.4 Å². The first-order valence-corrected chi connectivity index (χ1v) is 9.90. The van der Waals surface area contributed by atoms with Gasteiger partial charge in [-0.15, -0.1) is 0 Å². The summed E-state index contributed by atoms with van der Waals surface area (Å²) in [7, 11) is 3.55. The van der Waals surface area contributed by atoms with Crippen LogP contribution >= 0.6 is 0 Å². The van der Waals surface area contributed by atoms with E-state index in [4.69, 9.17) is 18.9 Å². The van der Waals surface area contributed by atoms with Gasteiger partial charge in [0.15, 0.2) is 5.96 Å². The zero-order valence-corrected chi connectivity index (χ0v) is 17.5. The highest BCUT2D eigenvalue weighted by Gasteiger charge is 2.15. The molecule has 0 aliphatic carbocycles. The van der Waals surface area contributed by atoms with Gasteiger partial charge >= 0.3 is 0 Å². The van der Waals surface area contributed by atoms with E-state index in [0.29, 0.717) is 6.54 Å². The Morgan fingerprint density at radius 2 is 2.11 bits per heavy atom. The van der Waals surface area contributed by atoms with Gasteiger partial charge in [0.2, 0.25) is 5.88 Å². The van der Waals surface area contributed by atoms with E-state index in [9.17, 15) is 0 Å². The van der Waals surface area contributed by atoms with Crippen LogP contribution in [0.1, 0.15) is 37.3 Å². The number of aromatic nitrogens is 2. The summed E-state index contributed by atoms with van der Waals surface area (Å²) in [5, 5.41) is 11.3. The Bertz CT molecular complexity index is 710. The van der Waals surface area contributed by atoms with E-state index < -0.39 is 0 Å². The molecule has 8 heteroatoms. The van der Waals surface area contributed by atoms with Crippen LogP contribution in [0.4, 0.5) is 0 Å². The van der Waals surface area contributed by atoms with Gasteiger partial charge in [-0.2, -0.15) is 5.10 Å². The Hall–Kier alpha value is -2.48. The first kappa shape index (κ1) is 21.8. The van der Waals surface area contributed by atoms with E-state index in [1.54, 1.807) is 18.1 Å². The molecule has 0 fully saturated rings. The normalized spacial score (nSPS) is 11.6. The number of guanidine groups is 1. The predicted octanol–water partition coefficient (Wildman–Crippen LogP) is 2.29. The lowest BCUT2D eigenvalue weighted by atomic mass is 10.2. The molecule has 0 bridgehead atoms. The molecule has 0 saturated heterocycles. The summed E-state index contributed by atoms with van der Waals surface area (Å²) in [5.74, 6) is 2.47. The second-order valence-electron chi connectivity index (χ2n) is 6.31. The van der Waals surface area contributed by atoms with Crippen LogP contribution in [-0.2, 0) is 31.2 Å². The minimum atomic E-state index is 0.502. The standard InChI is InChI=1S/C20H33N5O3/c1-5-18-17(19(26-4)25(3)24-18)15-23-20(21-11-8-13-27-6-2)22-12-10-16-9-7-14-28-16/h7,9,14H,5-6,8,10-13,15H2,1-4H3,(H2,21,22,23). The molecule has 156 valence electrons. The average molecular weight is 392 g/mol. The van der Waals surface area contributed by atoms with Crippen molar-refractivity contribution >= 4 is 5.96 Å². The minimum absolute atomic E-state index is 0.502. The zero-order valence-electron chi connectivity index (χ0n) is 17.5. The smallest absolute Gasteiger partial charge is 0.216 e. The van der Waals surface area contributed by atoms with Crippen molar-refractivity contribution in [2.45, 2.75) is 39.7 Å². The molecule has 0 radical (unpaired) electrons. The van der Waals surface area contributed by atoms with Crippen LogP contribution in [0.2, 0.25) is 0 Å². The molecule has 0 aromatic carbocycles. The van der Waals surface area contributed by atoms with Crippen LogP contribution in [0, 0.1) is 0 Å². The van der Waals surface area contributed by atoms with Crippen molar-refractivity contribution in [1.82, 2.24) is 20.4 Å². The average Bonchev–Trinajstić information content (AvgIpc) is 3.32. The van der Waals surface area contributed by atoms with E-state index in [1.165, 1.54) is 0 Å². The molecule has 8 nitrogen and oxygen atoms in total. The van der Waals surface area contributed by atoms with Gasteiger partial charge in [0.1, 0.15) is 5.76 Å². The molecular formula is C20H33N5O3. The molecule has 2 heterocycles. The summed E-state index contributed by atoms with van der Waals surface area (Å²) in [6, 6.07) is 3.87. The quantitative estimate of drug-likeness (QED) is 0.328.